The fourth-order valence-electron chi connectivity index (χ4n) is 1.69. The number of carboxylic acids is 1. The van der Waals surface area contributed by atoms with E-state index in [4.69, 9.17) is 10.8 Å². The van der Waals surface area contributed by atoms with Gasteiger partial charge in [-0.15, -0.1) is 12.4 Å². The minimum Gasteiger partial charge on any atom is -0.480 e. The third-order valence-electron chi connectivity index (χ3n) is 2.79. The third kappa shape index (κ3) is 2.33. The largest absolute Gasteiger partial charge is 0.480 e. The fourth-order valence-corrected chi connectivity index (χ4v) is 1.69. The Morgan fingerprint density at radius 2 is 2.00 bits per heavy atom. The second kappa shape index (κ2) is 3.98. The van der Waals surface area contributed by atoms with Crippen molar-refractivity contribution in [3.05, 3.63) is 0 Å². The van der Waals surface area contributed by atoms with Crippen molar-refractivity contribution >= 4 is 18.4 Å². The van der Waals surface area contributed by atoms with Gasteiger partial charge in [0.2, 0.25) is 5.92 Å². The molecular weight excluding hydrogens is 216 g/mol. The molecule has 0 heterocycles. The minimum absolute atomic E-state index is 0. The molecule has 14 heavy (non-hydrogen) atoms. The first-order chi connectivity index (χ1) is 5.78. The highest BCUT2D eigenvalue weighted by molar-refractivity contribution is 5.85. The summed E-state index contributed by atoms with van der Waals surface area (Å²) in [6, 6.07) is 0. The lowest BCUT2D eigenvalue weighted by atomic mass is 9.73. The van der Waals surface area contributed by atoms with Gasteiger partial charge in [0.15, 0.2) is 0 Å². The van der Waals surface area contributed by atoms with Gasteiger partial charge in [0, 0.05) is 12.8 Å². The molecule has 3 N–H and O–H groups in total. The standard InChI is InChI=1S/C8H13F2NO2.ClH/c1-5-4-7(9,10)2-3-8(5,11)6(12)13;/h5H,2-4,11H2,1H3,(H,12,13);1H. The monoisotopic (exact) mass is 229 g/mol. The summed E-state index contributed by atoms with van der Waals surface area (Å²) in [5.74, 6) is -4.62. The number of aliphatic carboxylic acids is 1. The Bertz CT molecular complexity index is 237. The summed E-state index contributed by atoms with van der Waals surface area (Å²) in [6.45, 7) is 1.46. The lowest BCUT2D eigenvalue weighted by Gasteiger charge is -2.39. The lowest BCUT2D eigenvalue weighted by Crippen LogP contribution is -2.57. The van der Waals surface area contributed by atoms with Crippen LogP contribution in [0.15, 0.2) is 0 Å². The Balaban J connectivity index is 0.00000169. The van der Waals surface area contributed by atoms with Crippen LogP contribution >= 0.6 is 12.4 Å². The number of nitrogens with two attached hydrogens (primary N) is 1. The van der Waals surface area contributed by atoms with E-state index in [1.807, 2.05) is 0 Å². The number of alkyl halides is 2. The molecule has 0 spiro atoms. The van der Waals surface area contributed by atoms with Gasteiger partial charge >= 0.3 is 5.97 Å². The van der Waals surface area contributed by atoms with E-state index in [-0.39, 0.29) is 18.8 Å². The molecule has 0 saturated heterocycles. The van der Waals surface area contributed by atoms with Crippen molar-refractivity contribution in [2.24, 2.45) is 11.7 Å². The minimum atomic E-state index is -2.75. The summed E-state index contributed by atoms with van der Waals surface area (Å²) in [6.07, 6.45) is -1.02. The zero-order valence-electron chi connectivity index (χ0n) is 7.80. The Hall–Kier alpha value is -0.420. The molecule has 1 aliphatic carbocycles. The van der Waals surface area contributed by atoms with E-state index in [1.165, 1.54) is 6.92 Å². The molecule has 1 fully saturated rings. The molecule has 1 aliphatic rings. The lowest BCUT2D eigenvalue weighted by molar-refractivity contribution is -0.152. The van der Waals surface area contributed by atoms with E-state index in [2.05, 4.69) is 0 Å². The highest BCUT2D eigenvalue weighted by Gasteiger charge is 2.50. The van der Waals surface area contributed by atoms with Crippen LogP contribution in [0.5, 0.6) is 0 Å². The molecule has 3 nitrogen and oxygen atoms in total. The van der Waals surface area contributed by atoms with Crippen LogP contribution in [0, 0.1) is 5.92 Å². The maximum Gasteiger partial charge on any atom is 0.323 e. The molecule has 0 amide bonds. The van der Waals surface area contributed by atoms with E-state index in [0.29, 0.717) is 0 Å². The van der Waals surface area contributed by atoms with Crippen LogP contribution in [0.4, 0.5) is 8.78 Å². The number of rotatable bonds is 1. The predicted molar refractivity (Wildman–Crippen MR) is 49.8 cm³/mol. The van der Waals surface area contributed by atoms with Crippen molar-refractivity contribution in [3.8, 4) is 0 Å². The summed E-state index contributed by atoms with van der Waals surface area (Å²) in [4.78, 5) is 10.7. The zero-order chi connectivity index (χ0) is 10.3. The zero-order valence-corrected chi connectivity index (χ0v) is 8.61. The molecule has 6 heteroatoms. The first-order valence-electron chi connectivity index (χ1n) is 4.18. The van der Waals surface area contributed by atoms with Crippen molar-refractivity contribution in [1.82, 2.24) is 0 Å². The summed E-state index contributed by atoms with van der Waals surface area (Å²) >= 11 is 0. The molecule has 0 radical (unpaired) electrons. The third-order valence-corrected chi connectivity index (χ3v) is 2.79. The fraction of sp³-hybridized carbons (Fsp3) is 0.875. The van der Waals surface area contributed by atoms with Crippen LogP contribution < -0.4 is 5.73 Å². The van der Waals surface area contributed by atoms with Crippen molar-refractivity contribution in [3.63, 3.8) is 0 Å². The molecule has 0 aromatic carbocycles. The summed E-state index contributed by atoms with van der Waals surface area (Å²) in [5, 5.41) is 8.77. The Morgan fingerprint density at radius 3 is 2.36 bits per heavy atom. The summed E-state index contributed by atoms with van der Waals surface area (Å²) < 4.78 is 25.6. The van der Waals surface area contributed by atoms with Gasteiger partial charge < -0.3 is 10.8 Å². The van der Waals surface area contributed by atoms with Crippen LogP contribution in [0.3, 0.4) is 0 Å². The van der Waals surface area contributed by atoms with E-state index in [1.54, 1.807) is 0 Å². The van der Waals surface area contributed by atoms with Crippen molar-refractivity contribution in [2.45, 2.75) is 37.6 Å². The normalized spacial score (nSPS) is 35.9. The molecule has 84 valence electrons. The molecule has 0 aromatic heterocycles. The van der Waals surface area contributed by atoms with Crippen molar-refractivity contribution in [2.75, 3.05) is 0 Å². The van der Waals surface area contributed by atoms with Gasteiger partial charge in [0.25, 0.3) is 0 Å². The van der Waals surface area contributed by atoms with Crippen LogP contribution in [0.25, 0.3) is 0 Å². The number of carboxylic acid groups (broad SMARTS) is 1. The topological polar surface area (TPSA) is 63.3 Å². The Kier molecular flexibility index (Phi) is 3.86. The van der Waals surface area contributed by atoms with Gasteiger partial charge in [-0.2, -0.15) is 0 Å². The Labute approximate surface area is 87.1 Å². The molecular formula is C8H14ClF2NO2. The van der Waals surface area contributed by atoms with E-state index < -0.39 is 36.2 Å². The van der Waals surface area contributed by atoms with E-state index >= 15 is 0 Å². The predicted octanol–water partition coefficient (Wildman–Crippen LogP) is 1.65. The maximum absolute atomic E-state index is 12.8. The van der Waals surface area contributed by atoms with Gasteiger partial charge in [0.1, 0.15) is 5.54 Å². The molecule has 1 rings (SSSR count). The SMILES string of the molecule is CC1CC(F)(F)CCC1(N)C(=O)O.Cl. The van der Waals surface area contributed by atoms with Gasteiger partial charge in [-0.1, -0.05) is 6.92 Å². The smallest absolute Gasteiger partial charge is 0.323 e. The van der Waals surface area contributed by atoms with E-state index in [9.17, 15) is 13.6 Å². The van der Waals surface area contributed by atoms with Crippen LogP contribution in [-0.2, 0) is 4.79 Å². The molecule has 1 saturated carbocycles. The number of hydrogen-bond donors (Lipinski definition) is 2. The number of carbonyl (C=O) groups is 1. The number of hydrogen-bond acceptors (Lipinski definition) is 2. The van der Waals surface area contributed by atoms with Gasteiger partial charge in [-0.25, -0.2) is 8.78 Å². The number of halogens is 3. The maximum atomic E-state index is 12.8. The summed E-state index contributed by atoms with van der Waals surface area (Å²) in [7, 11) is 0. The summed E-state index contributed by atoms with van der Waals surface area (Å²) in [5.41, 5.74) is 4.06. The highest BCUT2D eigenvalue weighted by Crippen LogP contribution is 2.41. The van der Waals surface area contributed by atoms with Crippen LogP contribution in [0.1, 0.15) is 26.2 Å². The second-order valence-electron chi connectivity index (χ2n) is 3.81. The highest BCUT2D eigenvalue weighted by atomic mass is 35.5. The van der Waals surface area contributed by atoms with Crippen molar-refractivity contribution in [1.29, 1.82) is 0 Å². The van der Waals surface area contributed by atoms with Gasteiger partial charge in [-0.05, 0) is 12.3 Å². The molecule has 0 aliphatic heterocycles. The van der Waals surface area contributed by atoms with Crippen LogP contribution in [-0.4, -0.2) is 22.5 Å². The van der Waals surface area contributed by atoms with Crippen molar-refractivity contribution < 1.29 is 18.7 Å². The van der Waals surface area contributed by atoms with E-state index in [0.717, 1.165) is 0 Å². The first-order valence-corrected chi connectivity index (χ1v) is 4.18. The molecule has 0 aromatic rings. The van der Waals surface area contributed by atoms with Gasteiger partial charge in [0.05, 0.1) is 0 Å². The second-order valence-corrected chi connectivity index (χ2v) is 3.81. The average Bonchev–Trinajstić information content (AvgIpc) is 1.96. The molecule has 0 bridgehead atoms. The quantitative estimate of drug-likeness (QED) is 0.719. The Morgan fingerprint density at radius 1 is 1.50 bits per heavy atom. The molecule has 2 atom stereocenters. The average molecular weight is 230 g/mol. The molecule has 2 unspecified atom stereocenters. The van der Waals surface area contributed by atoms with Gasteiger partial charge in [-0.3, -0.25) is 4.79 Å². The van der Waals surface area contributed by atoms with Crippen LogP contribution in [0.2, 0.25) is 0 Å². The first kappa shape index (κ1) is 13.6.